The summed E-state index contributed by atoms with van der Waals surface area (Å²) in [6.07, 6.45) is 2.80. The summed E-state index contributed by atoms with van der Waals surface area (Å²) in [5.74, 6) is 3.15. The lowest BCUT2D eigenvalue weighted by atomic mass is 10.1. The van der Waals surface area contributed by atoms with Crippen LogP contribution < -0.4 is 14.8 Å². The Morgan fingerprint density at radius 1 is 1.39 bits per heavy atom. The van der Waals surface area contributed by atoms with E-state index in [1.54, 1.807) is 0 Å². The average molecular weight is 268 g/mol. The second-order valence-corrected chi connectivity index (χ2v) is 5.66. The first kappa shape index (κ1) is 12.1. The van der Waals surface area contributed by atoms with Crippen LogP contribution in [0.15, 0.2) is 12.1 Å². The summed E-state index contributed by atoms with van der Waals surface area (Å²) in [6, 6.07) is 3.95. The maximum Gasteiger partial charge on any atom is 0.231 e. The number of hydrogen-bond donors (Lipinski definition) is 1. The number of fused-ring (bicyclic) bond motifs is 1. The second kappa shape index (κ2) is 4.98. The molecule has 1 atom stereocenters. The summed E-state index contributed by atoms with van der Waals surface area (Å²) in [5, 5.41) is 4.12. The summed E-state index contributed by atoms with van der Waals surface area (Å²) in [7, 11) is 0. The SMILES string of the molecule is CC(CNCc1cc(Cl)c2c(c1)OCO2)C1CC1. The van der Waals surface area contributed by atoms with Crippen LogP contribution in [0.5, 0.6) is 11.5 Å². The van der Waals surface area contributed by atoms with E-state index in [0.717, 1.165) is 36.2 Å². The van der Waals surface area contributed by atoms with Gasteiger partial charge in [-0.25, -0.2) is 0 Å². The Bertz CT molecular complexity index is 446. The summed E-state index contributed by atoms with van der Waals surface area (Å²) >= 11 is 6.14. The molecule has 1 saturated carbocycles. The van der Waals surface area contributed by atoms with Gasteiger partial charge in [0, 0.05) is 6.54 Å². The molecule has 2 aliphatic rings. The molecule has 0 aromatic heterocycles. The van der Waals surface area contributed by atoms with Crippen molar-refractivity contribution in [1.29, 1.82) is 0 Å². The minimum Gasteiger partial charge on any atom is -0.454 e. The molecule has 1 aromatic rings. The molecule has 98 valence electrons. The van der Waals surface area contributed by atoms with Gasteiger partial charge in [0.1, 0.15) is 0 Å². The van der Waals surface area contributed by atoms with Crippen molar-refractivity contribution < 1.29 is 9.47 Å². The van der Waals surface area contributed by atoms with Crippen LogP contribution in [0.3, 0.4) is 0 Å². The molecule has 3 nitrogen and oxygen atoms in total. The highest BCUT2D eigenvalue weighted by Gasteiger charge is 2.27. The standard InChI is InChI=1S/C14H18ClNO2/c1-9(11-2-3-11)6-16-7-10-4-12(15)14-13(5-10)17-8-18-14/h4-5,9,11,16H,2-3,6-8H2,1H3. The van der Waals surface area contributed by atoms with Crippen molar-refractivity contribution in [3.05, 3.63) is 22.7 Å². The zero-order valence-corrected chi connectivity index (χ0v) is 11.3. The predicted octanol–water partition coefficient (Wildman–Crippen LogP) is 3.20. The van der Waals surface area contributed by atoms with E-state index in [9.17, 15) is 0 Å². The third-order valence-corrected chi connectivity index (χ3v) is 3.99. The van der Waals surface area contributed by atoms with Gasteiger partial charge in [0.25, 0.3) is 0 Å². The molecule has 0 saturated heterocycles. The van der Waals surface area contributed by atoms with Gasteiger partial charge in [-0.2, -0.15) is 0 Å². The summed E-state index contributed by atoms with van der Waals surface area (Å²) in [5.41, 5.74) is 1.15. The van der Waals surface area contributed by atoms with Crippen LogP contribution in [0, 0.1) is 11.8 Å². The van der Waals surface area contributed by atoms with E-state index in [2.05, 4.69) is 12.2 Å². The Morgan fingerprint density at radius 2 is 2.22 bits per heavy atom. The smallest absolute Gasteiger partial charge is 0.231 e. The maximum absolute atomic E-state index is 6.14. The van der Waals surface area contributed by atoms with E-state index in [-0.39, 0.29) is 6.79 Å². The number of nitrogens with one attached hydrogen (secondary N) is 1. The zero-order chi connectivity index (χ0) is 12.5. The fourth-order valence-electron chi connectivity index (χ4n) is 2.40. The van der Waals surface area contributed by atoms with E-state index in [0.29, 0.717) is 10.8 Å². The quantitative estimate of drug-likeness (QED) is 0.889. The van der Waals surface area contributed by atoms with Crippen LogP contribution >= 0.6 is 11.6 Å². The molecule has 1 heterocycles. The van der Waals surface area contributed by atoms with Gasteiger partial charge < -0.3 is 14.8 Å². The van der Waals surface area contributed by atoms with Gasteiger partial charge in [0.15, 0.2) is 11.5 Å². The van der Waals surface area contributed by atoms with Crippen molar-refractivity contribution in [3.63, 3.8) is 0 Å². The molecule has 0 amide bonds. The van der Waals surface area contributed by atoms with Crippen molar-refractivity contribution in [1.82, 2.24) is 5.32 Å². The lowest BCUT2D eigenvalue weighted by Gasteiger charge is -2.12. The molecule has 0 spiro atoms. The molecule has 0 radical (unpaired) electrons. The topological polar surface area (TPSA) is 30.5 Å². The van der Waals surface area contributed by atoms with E-state index in [1.165, 1.54) is 12.8 Å². The Labute approximate surface area is 112 Å². The fraction of sp³-hybridized carbons (Fsp3) is 0.571. The van der Waals surface area contributed by atoms with Crippen molar-refractivity contribution in [2.24, 2.45) is 11.8 Å². The Kier molecular flexibility index (Phi) is 3.35. The van der Waals surface area contributed by atoms with E-state index in [1.807, 2.05) is 12.1 Å². The van der Waals surface area contributed by atoms with Crippen LogP contribution in [0.25, 0.3) is 0 Å². The molecule has 4 heteroatoms. The van der Waals surface area contributed by atoms with Crippen LogP contribution in [0.2, 0.25) is 5.02 Å². The van der Waals surface area contributed by atoms with Gasteiger partial charge in [-0.3, -0.25) is 0 Å². The van der Waals surface area contributed by atoms with Crippen LogP contribution in [-0.4, -0.2) is 13.3 Å². The first-order chi connectivity index (χ1) is 8.74. The summed E-state index contributed by atoms with van der Waals surface area (Å²) in [6.45, 7) is 4.48. The number of benzene rings is 1. The largest absolute Gasteiger partial charge is 0.454 e. The Morgan fingerprint density at radius 3 is 3.00 bits per heavy atom. The third-order valence-electron chi connectivity index (χ3n) is 3.71. The molecular weight excluding hydrogens is 250 g/mol. The van der Waals surface area contributed by atoms with Crippen molar-refractivity contribution in [2.75, 3.05) is 13.3 Å². The monoisotopic (exact) mass is 267 g/mol. The molecule has 0 bridgehead atoms. The van der Waals surface area contributed by atoms with E-state index >= 15 is 0 Å². The van der Waals surface area contributed by atoms with E-state index < -0.39 is 0 Å². The minimum absolute atomic E-state index is 0.269. The van der Waals surface area contributed by atoms with Crippen molar-refractivity contribution in [3.8, 4) is 11.5 Å². The number of ether oxygens (including phenoxy) is 2. The number of hydrogen-bond acceptors (Lipinski definition) is 3. The highest BCUT2D eigenvalue weighted by molar-refractivity contribution is 6.32. The van der Waals surface area contributed by atoms with Crippen LogP contribution in [0.1, 0.15) is 25.3 Å². The highest BCUT2D eigenvalue weighted by Crippen LogP contribution is 2.40. The normalized spacial score (nSPS) is 19.0. The molecule has 1 fully saturated rings. The third kappa shape index (κ3) is 2.57. The first-order valence-electron chi connectivity index (χ1n) is 6.53. The maximum atomic E-state index is 6.14. The molecule has 1 unspecified atom stereocenters. The lowest BCUT2D eigenvalue weighted by molar-refractivity contribution is 0.174. The highest BCUT2D eigenvalue weighted by atomic mass is 35.5. The molecule has 1 aliphatic carbocycles. The molecule has 3 rings (SSSR count). The first-order valence-corrected chi connectivity index (χ1v) is 6.90. The Hall–Kier alpha value is -0.930. The summed E-state index contributed by atoms with van der Waals surface area (Å²) < 4.78 is 10.7. The average Bonchev–Trinajstić information content (AvgIpc) is 3.08. The molecule has 1 aliphatic heterocycles. The molecule has 1 aromatic carbocycles. The van der Waals surface area contributed by atoms with Gasteiger partial charge in [0.05, 0.1) is 5.02 Å². The molecule has 1 N–H and O–H groups in total. The number of halogens is 1. The lowest BCUT2D eigenvalue weighted by Crippen LogP contribution is -2.21. The van der Waals surface area contributed by atoms with Crippen molar-refractivity contribution >= 4 is 11.6 Å². The van der Waals surface area contributed by atoms with Gasteiger partial charge in [-0.15, -0.1) is 0 Å². The van der Waals surface area contributed by atoms with Gasteiger partial charge in [0.2, 0.25) is 6.79 Å². The van der Waals surface area contributed by atoms with E-state index in [4.69, 9.17) is 21.1 Å². The van der Waals surface area contributed by atoms with Crippen LogP contribution in [-0.2, 0) is 6.54 Å². The minimum atomic E-state index is 0.269. The van der Waals surface area contributed by atoms with Gasteiger partial charge >= 0.3 is 0 Å². The second-order valence-electron chi connectivity index (χ2n) is 5.26. The van der Waals surface area contributed by atoms with Crippen molar-refractivity contribution in [2.45, 2.75) is 26.3 Å². The fourth-order valence-corrected chi connectivity index (χ4v) is 2.69. The Balaban J connectivity index is 1.57. The van der Waals surface area contributed by atoms with Gasteiger partial charge in [-0.1, -0.05) is 18.5 Å². The summed E-state index contributed by atoms with van der Waals surface area (Å²) in [4.78, 5) is 0. The molecular formula is C14H18ClNO2. The van der Waals surface area contributed by atoms with Crippen LogP contribution in [0.4, 0.5) is 0 Å². The molecule has 18 heavy (non-hydrogen) atoms. The zero-order valence-electron chi connectivity index (χ0n) is 10.5. The number of rotatable bonds is 5. The van der Waals surface area contributed by atoms with Gasteiger partial charge in [-0.05, 0) is 48.9 Å². The predicted molar refractivity (Wildman–Crippen MR) is 71.2 cm³/mol.